The quantitative estimate of drug-likeness (QED) is 0.549. The van der Waals surface area contributed by atoms with Crippen LogP contribution in [0.2, 0.25) is 0 Å². The van der Waals surface area contributed by atoms with E-state index < -0.39 is 23.3 Å². The van der Waals surface area contributed by atoms with Gasteiger partial charge in [-0.3, -0.25) is 0 Å². The molecule has 0 amide bonds. The van der Waals surface area contributed by atoms with Gasteiger partial charge in [0.2, 0.25) is 0 Å². The van der Waals surface area contributed by atoms with Crippen molar-refractivity contribution in [2.45, 2.75) is 64.6 Å². The van der Waals surface area contributed by atoms with E-state index in [-0.39, 0.29) is 29.8 Å². The van der Waals surface area contributed by atoms with Crippen molar-refractivity contribution in [3.8, 4) is 0 Å². The highest BCUT2D eigenvalue weighted by atomic mass is 19.2. The highest BCUT2D eigenvalue weighted by Crippen LogP contribution is 2.36. The molecule has 0 aliphatic heterocycles. The molecular weight excluding hydrogens is 356 g/mol. The fourth-order valence-electron chi connectivity index (χ4n) is 3.74. The molecule has 1 nitrogen and oxygen atoms in total. The molecule has 2 aromatic carbocycles. The van der Waals surface area contributed by atoms with Crippen LogP contribution in [0.1, 0.15) is 60.8 Å². The van der Waals surface area contributed by atoms with Gasteiger partial charge >= 0.3 is 0 Å². The number of halogens is 4. The van der Waals surface area contributed by atoms with E-state index in [4.69, 9.17) is 4.74 Å². The van der Waals surface area contributed by atoms with Crippen LogP contribution in [0.3, 0.4) is 0 Å². The molecule has 27 heavy (non-hydrogen) atoms. The Morgan fingerprint density at radius 2 is 1.44 bits per heavy atom. The van der Waals surface area contributed by atoms with E-state index in [9.17, 15) is 17.6 Å². The number of hydrogen-bond donors (Lipinski definition) is 0. The standard InChI is InChI=1S/C22H24F4O/c1-3-14-8-11-18(22(26)20(14)24)15-6-9-17(10-7-15)27-12-16-5-4-13(2)19(23)21(16)25/h4-5,8,11,15,17H,3,6-7,9-10,12H2,1-2H3. The minimum absolute atomic E-state index is 0.00650. The Kier molecular flexibility index (Phi) is 6.20. The summed E-state index contributed by atoms with van der Waals surface area (Å²) in [4.78, 5) is 0. The Bertz CT molecular complexity index is 810. The lowest BCUT2D eigenvalue weighted by Crippen LogP contribution is -2.22. The van der Waals surface area contributed by atoms with Crippen molar-refractivity contribution >= 4 is 0 Å². The lowest BCUT2D eigenvalue weighted by molar-refractivity contribution is 0.0116. The Hall–Kier alpha value is -1.88. The van der Waals surface area contributed by atoms with Crippen LogP contribution in [0, 0.1) is 30.2 Å². The normalized spacial score (nSPS) is 20.1. The SMILES string of the molecule is CCc1ccc(C2CCC(OCc3ccc(C)c(F)c3F)CC2)c(F)c1F. The van der Waals surface area contributed by atoms with Crippen LogP contribution in [0.25, 0.3) is 0 Å². The van der Waals surface area contributed by atoms with Crippen molar-refractivity contribution < 1.29 is 22.3 Å². The van der Waals surface area contributed by atoms with Crippen molar-refractivity contribution in [3.63, 3.8) is 0 Å². The van der Waals surface area contributed by atoms with Crippen LogP contribution in [-0.2, 0) is 17.8 Å². The lowest BCUT2D eigenvalue weighted by atomic mass is 9.82. The Labute approximate surface area is 157 Å². The van der Waals surface area contributed by atoms with Crippen LogP contribution in [0.5, 0.6) is 0 Å². The van der Waals surface area contributed by atoms with Crippen LogP contribution in [-0.4, -0.2) is 6.10 Å². The second-order valence-corrected chi connectivity index (χ2v) is 7.25. The highest BCUT2D eigenvalue weighted by Gasteiger charge is 2.27. The summed E-state index contributed by atoms with van der Waals surface area (Å²) in [6, 6.07) is 6.41. The van der Waals surface area contributed by atoms with Crippen molar-refractivity contribution in [1.29, 1.82) is 0 Å². The second-order valence-electron chi connectivity index (χ2n) is 7.25. The number of benzene rings is 2. The monoisotopic (exact) mass is 380 g/mol. The van der Waals surface area contributed by atoms with E-state index in [1.165, 1.54) is 19.1 Å². The molecular formula is C22H24F4O. The van der Waals surface area contributed by atoms with Gasteiger partial charge in [0.05, 0.1) is 12.7 Å². The Balaban J connectivity index is 1.58. The molecule has 0 aromatic heterocycles. The number of aryl methyl sites for hydroxylation is 2. The Morgan fingerprint density at radius 3 is 2.11 bits per heavy atom. The zero-order valence-electron chi connectivity index (χ0n) is 15.6. The fourth-order valence-corrected chi connectivity index (χ4v) is 3.74. The number of hydrogen-bond acceptors (Lipinski definition) is 1. The molecule has 0 unspecified atom stereocenters. The topological polar surface area (TPSA) is 9.23 Å². The maximum Gasteiger partial charge on any atom is 0.164 e. The molecule has 0 bridgehead atoms. The van der Waals surface area contributed by atoms with Crippen LogP contribution in [0.15, 0.2) is 24.3 Å². The van der Waals surface area contributed by atoms with E-state index in [0.717, 1.165) is 0 Å². The molecule has 0 N–H and O–H groups in total. The third-order valence-electron chi connectivity index (χ3n) is 5.52. The predicted octanol–water partition coefficient (Wildman–Crippen LogP) is 6.36. The lowest BCUT2D eigenvalue weighted by Gasteiger charge is -2.29. The third-order valence-corrected chi connectivity index (χ3v) is 5.52. The smallest absolute Gasteiger partial charge is 0.164 e. The number of rotatable bonds is 5. The molecule has 2 aromatic rings. The van der Waals surface area contributed by atoms with Gasteiger partial charge in [-0.1, -0.05) is 31.2 Å². The Morgan fingerprint density at radius 1 is 0.815 bits per heavy atom. The van der Waals surface area contributed by atoms with E-state index in [1.807, 2.05) is 0 Å². The van der Waals surface area contributed by atoms with Gasteiger partial charge in [-0.2, -0.15) is 0 Å². The summed E-state index contributed by atoms with van der Waals surface area (Å²) in [5, 5.41) is 0. The van der Waals surface area contributed by atoms with E-state index in [2.05, 4.69) is 0 Å². The van der Waals surface area contributed by atoms with Crippen molar-refractivity contribution in [3.05, 3.63) is 69.8 Å². The van der Waals surface area contributed by atoms with Gasteiger partial charge < -0.3 is 4.74 Å². The van der Waals surface area contributed by atoms with Gasteiger partial charge in [-0.05, 0) is 61.6 Å². The zero-order valence-corrected chi connectivity index (χ0v) is 15.6. The van der Waals surface area contributed by atoms with Crippen molar-refractivity contribution in [2.75, 3.05) is 0 Å². The molecule has 1 saturated carbocycles. The molecule has 5 heteroatoms. The second kappa shape index (κ2) is 8.42. The predicted molar refractivity (Wildman–Crippen MR) is 96.6 cm³/mol. The molecule has 0 heterocycles. The average Bonchev–Trinajstić information content (AvgIpc) is 2.68. The average molecular weight is 380 g/mol. The first kappa shape index (κ1) is 19.9. The van der Waals surface area contributed by atoms with Gasteiger partial charge in [0.1, 0.15) is 0 Å². The van der Waals surface area contributed by atoms with E-state index in [1.54, 1.807) is 19.1 Å². The van der Waals surface area contributed by atoms with Crippen LogP contribution >= 0.6 is 0 Å². The first-order valence-corrected chi connectivity index (χ1v) is 9.44. The minimum Gasteiger partial charge on any atom is -0.373 e. The van der Waals surface area contributed by atoms with Gasteiger partial charge in [0.25, 0.3) is 0 Å². The van der Waals surface area contributed by atoms with Gasteiger partial charge in [0.15, 0.2) is 23.3 Å². The largest absolute Gasteiger partial charge is 0.373 e. The van der Waals surface area contributed by atoms with E-state index >= 15 is 0 Å². The summed E-state index contributed by atoms with van der Waals surface area (Å²) in [5.74, 6) is -3.23. The van der Waals surface area contributed by atoms with Crippen LogP contribution < -0.4 is 0 Å². The first-order valence-electron chi connectivity index (χ1n) is 9.44. The van der Waals surface area contributed by atoms with Crippen molar-refractivity contribution in [2.24, 2.45) is 0 Å². The summed E-state index contributed by atoms with van der Waals surface area (Å²) in [5.41, 5.74) is 1.28. The molecule has 1 aliphatic carbocycles. The molecule has 0 atom stereocenters. The summed E-state index contributed by atoms with van der Waals surface area (Å²) < 4.78 is 61.6. The van der Waals surface area contributed by atoms with Gasteiger partial charge in [-0.15, -0.1) is 0 Å². The molecule has 1 fully saturated rings. The molecule has 0 spiro atoms. The first-order chi connectivity index (χ1) is 12.9. The molecule has 1 aliphatic rings. The van der Waals surface area contributed by atoms with Crippen LogP contribution in [0.4, 0.5) is 17.6 Å². The summed E-state index contributed by atoms with van der Waals surface area (Å²) >= 11 is 0. The minimum atomic E-state index is -0.864. The maximum absolute atomic E-state index is 14.3. The summed E-state index contributed by atoms with van der Waals surface area (Å²) in [7, 11) is 0. The fraction of sp³-hybridized carbons (Fsp3) is 0.455. The van der Waals surface area contributed by atoms with Crippen molar-refractivity contribution in [1.82, 2.24) is 0 Å². The molecule has 0 radical (unpaired) electrons. The molecule has 0 saturated heterocycles. The zero-order chi connectivity index (χ0) is 19.6. The third kappa shape index (κ3) is 4.18. The van der Waals surface area contributed by atoms with E-state index in [0.29, 0.717) is 43.2 Å². The number of ether oxygens (including phenoxy) is 1. The van der Waals surface area contributed by atoms with Gasteiger partial charge in [-0.25, -0.2) is 17.6 Å². The summed E-state index contributed by atoms with van der Waals surface area (Å²) in [6.45, 7) is 3.31. The highest BCUT2D eigenvalue weighted by molar-refractivity contribution is 5.29. The maximum atomic E-state index is 14.3. The summed E-state index contributed by atoms with van der Waals surface area (Å²) in [6.07, 6.45) is 3.08. The molecule has 3 rings (SSSR count). The van der Waals surface area contributed by atoms with Gasteiger partial charge in [0, 0.05) is 5.56 Å². The molecule has 146 valence electrons.